The zero-order chi connectivity index (χ0) is 13.8. The third-order valence-corrected chi connectivity index (χ3v) is 3.36. The van der Waals surface area contributed by atoms with Gasteiger partial charge in [0.05, 0.1) is 18.7 Å². The van der Waals surface area contributed by atoms with Crippen molar-refractivity contribution >= 4 is 11.9 Å². The lowest BCUT2D eigenvalue weighted by atomic mass is 10.0. The Bertz CT molecular complexity index is 470. The second kappa shape index (κ2) is 5.84. The molecule has 0 aliphatic carbocycles. The van der Waals surface area contributed by atoms with E-state index in [4.69, 9.17) is 0 Å². The largest absolute Gasteiger partial charge is 0.465 e. The van der Waals surface area contributed by atoms with Gasteiger partial charge in [0.1, 0.15) is 0 Å². The lowest BCUT2D eigenvalue weighted by Crippen LogP contribution is -2.47. The standard InChI is InChI=1S/C14H18N2O3/c1-10(17)16-8-7-15-9-13(16)11-3-5-12(6-4-11)14(18)19-2/h3-6,13,15H,7-9H2,1-2H3. The summed E-state index contributed by atoms with van der Waals surface area (Å²) in [5, 5.41) is 3.28. The van der Waals surface area contributed by atoms with E-state index in [9.17, 15) is 9.59 Å². The average Bonchev–Trinajstić information content (AvgIpc) is 2.46. The maximum Gasteiger partial charge on any atom is 0.337 e. The maximum absolute atomic E-state index is 11.6. The van der Waals surface area contributed by atoms with Crippen LogP contribution in [-0.4, -0.2) is 43.5 Å². The Kier molecular flexibility index (Phi) is 4.16. The molecule has 1 N–H and O–H groups in total. The van der Waals surface area contributed by atoms with Gasteiger partial charge in [-0.15, -0.1) is 0 Å². The quantitative estimate of drug-likeness (QED) is 0.807. The molecule has 1 fully saturated rings. The van der Waals surface area contributed by atoms with Crippen molar-refractivity contribution in [1.29, 1.82) is 0 Å². The molecular weight excluding hydrogens is 244 g/mol. The van der Waals surface area contributed by atoms with Crippen LogP contribution < -0.4 is 5.32 Å². The fourth-order valence-electron chi connectivity index (χ4n) is 2.34. The minimum absolute atomic E-state index is 0.0259. The number of hydrogen-bond donors (Lipinski definition) is 1. The molecule has 5 nitrogen and oxygen atoms in total. The van der Waals surface area contributed by atoms with Gasteiger partial charge < -0.3 is 15.0 Å². The molecule has 1 atom stereocenters. The van der Waals surface area contributed by atoms with Crippen LogP contribution in [0, 0.1) is 0 Å². The molecule has 5 heteroatoms. The topological polar surface area (TPSA) is 58.6 Å². The molecule has 1 unspecified atom stereocenters. The molecule has 1 aliphatic heterocycles. The van der Waals surface area contributed by atoms with Crippen LogP contribution >= 0.6 is 0 Å². The Morgan fingerprint density at radius 3 is 2.58 bits per heavy atom. The lowest BCUT2D eigenvalue weighted by molar-refractivity contribution is -0.132. The average molecular weight is 262 g/mol. The van der Waals surface area contributed by atoms with Crippen LogP contribution in [0.4, 0.5) is 0 Å². The van der Waals surface area contributed by atoms with Gasteiger partial charge in [0.15, 0.2) is 0 Å². The molecule has 1 heterocycles. The molecule has 1 aliphatic rings. The number of carbonyl (C=O) groups excluding carboxylic acids is 2. The first kappa shape index (κ1) is 13.5. The second-order valence-electron chi connectivity index (χ2n) is 4.55. The molecule has 102 valence electrons. The number of methoxy groups -OCH3 is 1. The molecule has 0 spiro atoms. The lowest BCUT2D eigenvalue weighted by Gasteiger charge is -2.36. The number of nitrogens with one attached hydrogen (secondary N) is 1. The van der Waals surface area contributed by atoms with Gasteiger partial charge in [-0.25, -0.2) is 4.79 Å². The summed E-state index contributed by atoms with van der Waals surface area (Å²) in [4.78, 5) is 24.9. The van der Waals surface area contributed by atoms with E-state index in [2.05, 4.69) is 10.1 Å². The minimum atomic E-state index is -0.350. The second-order valence-corrected chi connectivity index (χ2v) is 4.55. The number of carbonyl (C=O) groups is 2. The van der Waals surface area contributed by atoms with Crippen molar-refractivity contribution in [3.05, 3.63) is 35.4 Å². The van der Waals surface area contributed by atoms with Gasteiger partial charge in [-0.1, -0.05) is 12.1 Å². The molecule has 1 aromatic carbocycles. The SMILES string of the molecule is COC(=O)c1ccc(C2CNCCN2C(C)=O)cc1. The number of benzene rings is 1. The molecule has 1 amide bonds. The van der Waals surface area contributed by atoms with Gasteiger partial charge in [0.25, 0.3) is 0 Å². The van der Waals surface area contributed by atoms with Crippen molar-refractivity contribution in [3.8, 4) is 0 Å². The van der Waals surface area contributed by atoms with Crippen LogP contribution in [-0.2, 0) is 9.53 Å². The molecular formula is C14H18N2O3. The van der Waals surface area contributed by atoms with Gasteiger partial charge in [0.2, 0.25) is 5.91 Å². The Balaban J connectivity index is 2.20. The zero-order valence-electron chi connectivity index (χ0n) is 11.2. The number of rotatable bonds is 2. The van der Waals surface area contributed by atoms with E-state index in [0.717, 1.165) is 18.7 Å². The maximum atomic E-state index is 11.6. The Morgan fingerprint density at radius 1 is 1.32 bits per heavy atom. The Morgan fingerprint density at radius 2 is 2.00 bits per heavy atom. The third kappa shape index (κ3) is 2.93. The molecule has 0 radical (unpaired) electrons. The van der Waals surface area contributed by atoms with E-state index < -0.39 is 0 Å². The summed E-state index contributed by atoms with van der Waals surface area (Å²) in [6.45, 7) is 3.84. The highest BCUT2D eigenvalue weighted by Crippen LogP contribution is 2.22. The number of hydrogen-bond acceptors (Lipinski definition) is 4. The van der Waals surface area contributed by atoms with Crippen molar-refractivity contribution in [1.82, 2.24) is 10.2 Å². The van der Waals surface area contributed by atoms with Gasteiger partial charge in [-0.05, 0) is 17.7 Å². The Labute approximate surface area is 112 Å². The summed E-state index contributed by atoms with van der Waals surface area (Å²) >= 11 is 0. The molecule has 0 bridgehead atoms. The fraction of sp³-hybridized carbons (Fsp3) is 0.429. The molecule has 1 aromatic rings. The monoisotopic (exact) mass is 262 g/mol. The van der Waals surface area contributed by atoms with Crippen molar-refractivity contribution < 1.29 is 14.3 Å². The first-order chi connectivity index (χ1) is 9.13. The summed E-state index contributed by atoms with van der Waals surface area (Å²) in [7, 11) is 1.36. The number of ether oxygens (including phenoxy) is 1. The van der Waals surface area contributed by atoms with E-state index >= 15 is 0 Å². The van der Waals surface area contributed by atoms with Crippen LogP contribution in [0.2, 0.25) is 0 Å². The summed E-state index contributed by atoms with van der Waals surface area (Å²) in [5.41, 5.74) is 1.54. The predicted octanol–water partition coefficient (Wildman–Crippen LogP) is 0.966. The van der Waals surface area contributed by atoms with Gasteiger partial charge in [-0.3, -0.25) is 4.79 Å². The van der Waals surface area contributed by atoms with Crippen molar-refractivity contribution in [2.24, 2.45) is 0 Å². The predicted molar refractivity (Wildman–Crippen MR) is 70.8 cm³/mol. The van der Waals surface area contributed by atoms with Gasteiger partial charge >= 0.3 is 5.97 Å². The molecule has 19 heavy (non-hydrogen) atoms. The summed E-state index contributed by atoms with van der Waals surface area (Å²) in [6, 6.07) is 7.24. The van der Waals surface area contributed by atoms with Crippen LogP contribution in [0.5, 0.6) is 0 Å². The highest BCUT2D eigenvalue weighted by molar-refractivity contribution is 5.89. The number of amides is 1. The van der Waals surface area contributed by atoms with Crippen molar-refractivity contribution in [3.63, 3.8) is 0 Å². The number of esters is 1. The Hall–Kier alpha value is -1.88. The number of nitrogens with zero attached hydrogens (tertiary/aromatic N) is 1. The van der Waals surface area contributed by atoms with Crippen LogP contribution in [0.15, 0.2) is 24.3 Å². The fourth-order valence-corrected chi connectivity index (χ4v) is 2.34. The normalized spacial score (nSPS) is 19.1. The van der Waals surface area contributed by atoms with E-state index in [-0.39, 0.29) is 17.9 Å². The minimum Gasteiger partial charge on any atom is -0.465 e. The first-order valence-corrected chi connectivity index (χ1v) is 6.29. The smallest absolute Gasteiger partial charge is 0.337 e. The van der Waals surface area contributed by atoms with E-state index in [1.807, 2.05) is 17.0 Å². The van der Waals surface area contributed by atoms with Crippen molar-refractivity contribution in [2.45, 2.75) is 13.0 Å². The molecule has 0 aromatic heterocycles. The molecule has 1 saturated heterocycles. The first-order valence-electron chi connectivity index (χ1n) is 6.29. The highest BCUT2D eigenvalue weighted by atomic mass is 16.5. The van der Waals surface area contributed by atoms with E-state index in [1.165, 1.54) is 7.11 Å². The number of piperazine rings is 1. The van der Waals surface area contributed by atoms with Gasteiger partial charge in [0, 0.05) is 26.6 Å². The van der Waals surface area contributed by atoms with E-state index in [1.54, 1.807) is 19.1 Å². The van der Waals surface area contributed by atoms with E-state index in [0.29, 0.717) is 12.1 Å². The summed E-state index contributed by atoms with van der Waals surface area (Å²) in [5.74, 6) is -0.278. The molecule has 2 rings (SSSR count). The molecule has 0 saturated carbocycles. The highest BCUT2D eigenvalue weighted by Gasteiger charge is 2.25. The van der Waals surface area contributed by atoms with Crippen LogP contribution in [0.1, 0.15) is 28.9 Å². The van der Waals surface area contributed by atoms with Crippen LogP contribution in [0.3, 0.4) is 0 Å². The van der Waals surface area contributed by atoms with Crippen LogP contribution in [0.25, 0.3) is 0 Å². The third-order valence-electron chi connectivity index (χ3n) is 3.36. The van der Waals surface area contributed by atoms with Crippen molar-refractivity contribution in [2.75, 3.05) is 26.7 Å². The zero-order valence-corrected chi connectivity index (χ0v) is 11.2. The summed E-state index contributed by atoms with van der Waals surface area (Å²) < 4.78 is 4.67. The summed E-state index contributed by atoms with van der Waals surface area (Å²) in [6.07, 6.45) is 0. The van der Waals surface area contributed by atoms with Gasteiger partial charge in [-0.2, -0.15) is 0 Å².